The molecule has 0 unspecified atom stereocenters. The van der Waals surface area contributed by atoms with E-state index in [0.717, 1.165) is 5.56 Å². The summed E-state index contributed by atoms with van der Waals surface area (Å²) in [5.41, 5.74) is 2.55. The van der Waals surface area contributed by atoms with Gasteiger partial charge >= 0.3 is 5.97 Å². The Morgan fingerprint density at radius 1 is 1.21 bits per heavy atom. The number of nitrogens with zero attached hydrogens (tertiary/aromatic N) is 4. The zero-order valence-corrected chi connectivity index (χ0v) is 15.4. The summed E-state index contributed by atoms with van der Waals surface area (Å²) in [6.07, 6.45) is 3.83. The maximum atomic E-state index is 12.9. The molecule has 3 heterocycles. The third-order valence-electron chi connectivity index (χ3n) is 4.73. The highest BCUT2D eigenvalue weighted by molar-refractivity contribution is 5.98. The lowest BCUT2D eigenvalue weighted by Crippen LogP contribution is -2.21. The number of pyridine rings is 1. The summed E-state index contributed by atoms with van der Waals surface area (Å²) >= 11 is 0. The Balaban J connectivity index is 1.75. The molecule has 0 fully saturated rings. The summed E-state index contributed by atoms with van der Waals surface area (Å²) in [5, 5.41) is 14.1. The number of ether oxygens (including phenoxy) is 1. The molecule has 3 aromatic heterocycles. The molecule has 0 aliphatic carbocycles. The number of aromatic hydroxyl groups is 1. The Morgan fingerprint density at radius 3 is 2.68 bits per heavy atom. The molecule has 0 atom stereocenters. The first-order valence-corrected chi connectivity index (χ1v) is 8.73. The van der Waals surface area contributed by atoms with Crippen LogP contribution in [0.2, 0.25) is 0 Å². The lowest BCUT2D eigenvalue weighted by Gasteiger charge is -2.08. The second-order valence-corrected chi connectivity index (χ2v) is 6.48. The second-order valence-electron chi connectivity index (χ2n) is 6.48. The van der Waals surface area contributed by atoms with Crippen LogP contribution in [0.5, 0.6) is 5.75 Å². The molecule has 1 aromatic carbocycles. The van der Waals surface area contributed by atoms with Gasteiger partial charge in [0.2, 0.25) is 0 Å². The molecule has 1 N–H and O–H groups in total. The van der Waals surface area contributed by atoms with Crippen LogP contribution in [0.1, 0.15) is 21.6 Å². The Bertz CT molecular complexity index is 1260. The van der Waals surface area contributed by atoms with E-state index in [4.69, 9.17) is 4.74 Å². The van der Waals surface area contributed by atoms with Gasteiger partial charge in [-0.1, -0.05) is 12.1 Å². The highest BCUT2D eigenvalue weighted by atomic mass is 16.5. The van der Waals surface area contributed by atoms with Crippen LogP contribution in [0.3, 0.4) is 0 Å². The maximum Gasteiger partial charge on any atom is 0.343 e. The van der Waals surface area contributed by atoms with Gasteiger partial charge in [0.25, 0.3) is 5.56 Å². The van der Waals surface area contributed by atoms with Crippen molar-refractivity contribution in [3.05, 3.63) is 69.9 Å². The van der Waals surface area contributed by atoms with E-state index in [9.17, 15) is 14.7 Å². The van der Waals surface area contributed by atoms with Gasteiger partial charge in [-0.3, -0.25) is 4.79 Å². The largest absolute Gasteiger partial charge is 0.508 e. The van der Waals surface area contributed by atoms with Gasteiger partial charge in [-0.05, 0) is 37.1 Å². The van der Waals surface area contributed by atoms with Crippen LogP contribution in [-0.4, -0.2) is 37.4 Å². The van der Waals surface area contributed by atoms with Crippen molar-refractivity contribution < 1.29 is 14.6 Å². The fraction of sp³-hybridized carbons (Fsp3) is 0.200. The Hall–Kier alpha value is -3.68. The van der Waals surface area contributed by atoms with Crippen molar-refractivity contribution in [1.82, 2.24) is 19.2 Å². The van der Waals surface area contributed by atoms with E-state index in [1.165, 1.54) is 17.8 Å². The summed E-state index contributed by atoms with van der Waals surface area (Å²) in [6.45, 7) is 2.19. The summed E-state index contributed by atoms with van der Waals surface area (Å²) in [5.74, 6) is -0.302. The first kappa shape index (κ1) is 17.7. The van der Waals surface area contributed by atoms with Crippen molar-refractivity contribution in [1.29, 1.82) is 0 Å². The fourth-order valence-corrected chi connectivity index (χ4v) is 3.25. The highest BCUT2D eigenvalue weighted by Gasteiger charge is 2.20. The van der Waals surface area contributed by atoms with E-state index in [0.29, 0.717) is 40.8 Å². The SMILES string of the molecule is COC(=O)c1c(C)nn2c1ncc1c(=O)n(CCc3ccc(O)cc3)ccc12. The average molecular weight is 378 g/mol. The van der Waals surface area contributed by atoms with Gasteiger partial charge in [0.15, 0.2) is 5.65 Å². The normalized spacial score (nSPS) is 11.2. The lowest BCUT2D eigenvalue weighted by atomic mass is 10.1. The van der Waals surface area contributed by atoms with E-state index < -0.39 is 5.97 Å². The number of methoxy groups -OCH3 is 1. The molecule has 142 valence electrons. The molecule has 0 spiro atoms. The minimum Gasteiger partial charge on any atom is -0.508 e. The van der Waals surface area contributed by atoms with Crippen molar-refractivity contribution in [3.63, 3.8) is 0 Å². The van der Waals surface area contributed by atoms with Crippen molar-refractivity contribution in [3.8, 4) is 5.75 Å². The lowest BCUT2D eigenvalue weighted by molar-refractivity contribution is 0.0602. The van der Waals surface area contributed by atoms with Gasteiger partial charge in [0.1, 0.15) is 11.3 Å². The number of hydrogen-bond acceptors (Lipinski definition) is 6. The first-order valence-electron chi connectivity index (χ1n) is 8.73. The molecule has 0 saturated heterocycles. The van der Waals surface area contributed by atoms with E-state index in [-0.39, 0.29) is 11.3 Å². The van der Waals surface area contributed by atoms with Crippen LogP contribution in [-0.2, 0) is 17.7 Å². The van der Waals surface area contributed by atoms with Gasteiger partial charge in [-0.25, -0.2) is 14.3 Å². The molecule has 4 aromatic rings. The number of benzene rings is 1. The van der Waals surface area contributed by atoms with Gasteiger partial charge in [-0.15, -0.1) is 0 Å². The number of esters is 1. The number of phenolic OH excluding ortho intramolecular Hbond substituents is 1. The molecule has 4 rings (SSSR count). The molecule has 28 heavy (non-hydrogen) atoms. The molecule has 8 heteroatoms. The van der Waals surface area contributed by atoms with Crippen molar-refractivity contribution in [2.75, 3.05) is 7.11 Å². The van der Waals surface area contributed by atoms with E-state index in [1.54, 1.807) is 35.9 Å². The number of fused-ring (bicyclic) bond motifs is 3. The van der Waals surface area contributed by atoms with Crippen LogP contribution in [0.25, 0.3) is 16.6 Å². The molecule has 0 aliphatic heterocycles. The standard InChI is InChI=1S/C20H18N4O4/c1-12-17(20(27)28-2)18-21-11-15-16(24(18)22-12)8-10-23(19(15)26)9-7-13-3-5-14(25)6-4-13/h3-6,8,10-11,25H,7,9H2,1-2H3. The number of carbonyl (C=O) groups is 1. The zero-order valence-electron chi connectivity index (χ0n) is 15.4. The number of aromatic nitrogens is 4. The molecular formula is C20H18N4O4. The van der Waals surface area contributed by atoms with Crippen LogP contribution in [0.15, 0.2) is 47.5 Å². The number of rotatable bonds is 4. The van der Waals surface area contributed by atoms with E-state index >= 15 is 0 Å². The predicted molar refractivity (Wildman–Crippen MR) is 103 cm³/mol. The van der Waals surface area contributed by atoms with Crippen LogP contribution in [0, 0.1) is 6.92 Å². The van der Waals surface area contributed by atoms with Gasteiger partial charge in [-0.2, -0.15) is 5.10 Å². The molecule has 8 nitrogen and oxygen atoms in total. The molecule has 0 bridgehead atoms. The topological polar surface area (TPSA) is 98.7 Å². The minimum absolute atomic E-state index is 0.182. The summed E-state index contributed by atoms with van der Waals surface area (Å²) < 4.78 is 7.92. The molecule has 0 amide bonds. The van der Waals surface area contributed by atoms with Crippen LogP contribution < -0.4 is 5.56 Å². The van der Waals surface area contributed by atoms with Crippen molar-refractivity contribution >= 4 is 22.5 Å². The highest BCUT2D eigenvalue weighted by Crippen LogP contribution is 2.19. The second kappa shape index (κ2) is 6.80. The van der Waals surface area contributed by atoms with Gasteiger partial charge in [0, 0.05) is 18.9 Å². The molecular weight excluding hydrogens is 360 g/mol. The Morgan fingerprint density at radius 2 is 1.96 bits per heavy atom. The third kappa shape index (κ3) is 2.88. The third-order valence-corrected chi connectivity index (χ3v) is 4.73. The number of aryl methyl sites for hydroxylation is 3. The maximum absolute atomic E-state index is 12.9. The Kier molecular flexibility index (Phi) is 4.31. The van der Waals surface area contributed by atoms with Crippen LogP contribution in [0.4, 0.5) is 0 Å². The van der Waals surface area contributed by atoms with Crippen molar-refractivity contribution in [2.24, 2.45) is 0 Å². The molecule has 0 aliphatic rings. The summed E-state index contributed by atoms with van der Waals surface area (Å²) in [4.78, 5) is 29.2. The van der Waals surface area contributed by atoms with Gasteiger partial charge < -0.3 is 14.4 Å². The number of phenols is 1. The van der Waals surface area contributed by atoms with E-state index in [1.807, 2.05) is 12.1 Å². The quantitative estimate of drug-likeness (QED) is 0.546. The summed E-state index contributed by atoms with van der Waals surface area (Å²) in [6, 6.07) is 8.69. The average Bonchev–Trinajstić information content (AvgIpc) is 3.04. The predicted octanol–water partition coefficient (Wildman–Crippen LogP) is 2.09. The van der Waals surface area contributed by atoms with Gasteiger partial charge in [0.05, 0.1) is 23.7 Å². The number of hydrogen-bond donors (Lipinski definition) is 1. The fourth-order valence-electron chi connectivity index (χ4n) is 3.25. The molecule has 0 radical (unpaired) electrons. The first-order chi connectivity index (χ1) is 13.5. The van der Waals surface area contributed by atoms with Crippen LogP contribution >= 0.6 is 0 Å². The minimum atomic E-state index is -0.512. The monoisotopic (exact) mass is 378 g/mol. The summed E-state index contributed by atoms with van der Waals surface area (Å²) in [7, 11) is 1.30. The Labute approximate surface area is 159 Å². The molecule has 0 saturated carbocycles. The smallest absolute Gasteiger partial charge is 0.343 e. The van der Waals surface area contributed by atoms with Crippen molar-refractivity contribution in [2.45, 2.75) is 19.9 Å². The van der Waals surface area contributed by atoms with E-state index in [2.05, 4.69) is 10.1 Å². The number of carbonyl (C=O) groups excluding carboxylic acids is 1. The zero-order chi connectivity index (χ0) is 19.8.